The van der Waals surface area contributed by atoms with Crippen LogP contribution in [-0.2, 0) is 25.6 Å². The number of fused-ring (bicyclic) bond motifs is 2. The molecule has 2 saturated heterocycles. The van der Waals surface area contributed by atoms with E-state index >= 15 is 0 Å². The zero-order chi connectivity index (χ0) is 20.1. The summed E-state index contributed by atoms with van der Waals surface area (Å²) < 4.78 is 16.3. The van der Waals surface area contributed by atoms with Crippen molar-refractivity contribution in [2.45, 2.75) is 69.9 Å². The van der Waals surface area contributed by atoms with Gasteiger partial charge in [-0.1, -0.05) is 30.3 Å². The second kappa shape index (κ2) is 9.05. The van der Waals surface area contributed by atoms with E-state index in [4.69, 9.17) is 14.2 Å². The predicted molar refractivity (Wildman–Crippen MR) is 105 cm³/mol. The molecule has 6 heteroatoms. The van der Waals surface area contributed by atoms with E-state index in [1.165, 1.54) is 0 Å². The number of piperidine rings is 2. The SMILES string of the molecule is COC(C)(CC(=O)C1CC2CCCC(C1)N2C(=O)OCc1ccccc1)OC. The second-order valence-electron chi connectivity index (χ2n) is 8.04. The Morgan fingerprint density at radius 2 is 1.68 bits per heavy atom. The van der Waals surface area contributed by atoms with Crippen LogP contribution in [0.1, 0.15) is 51.0 Å². The van der Waals surface area contributed by atoms with Crippen LogP contribution in [0.25, 0.3) is 0 Å². The molecular weight excluding hydrogens is 358 g/mol. The summed E-state index contributed by atoms with van der Waals surface area (Å²) in [6.07, 6.45) is 4.29. The Bertz CT molecular complexity index is 659. The maximum absolute atomic E-state index is 12.9. The fraction of sp³-hybridized carbons (Fsp3) is 0.636. The molecule has 2 aliphatic heterocycles. The highest BCUT2D eigenvalue weighted by Gasteiger charge is 2.44. The molecule has 1 amide bonds. The molecule has 2 atom stereocenters. The number of carbonyl (C=O) groups excluding carboxylic acids is 2. The number of hydrogen-bond acceptors (Lipinski definition) is 5. The van der Waals surface area contributed by atoms with Crippen LogP contribution in [0.3, 0.4) is 0 Å². The minimum absolute atomic E-state index is 0.0573. The molecule has 0 saturated carbocycles. The van der Waals surface area contributed by atoms with Crippen LogP contribution in [0, 0.1) is 5.92 Å². The van der Waals surface area contributed by atoms with Crippen molar-refractivity contribution >= 4 is 11.9 Å². The van der Waals surface area contributed by atoms with Gasteiger partial charge in [0.25, 0.3) is 0 Å². The molecule has 2 heterocycles. The van der Waals surface area contributed by atoms with E-state index < -0.39 is 5.79 Å². The first-order valence-electron chi connectivity index (χ1n) is 10.1. The van der Waals surface area contributed by atoms with Gasteiger partial charge in [0.2, 0.25) is 0 Å². The molecule has 2 bridgehead atoms. The summed E-state index contributed by atoms with van der Waals surface area (Å²) >= 11 is 0. The third kappa shape index (κ3) is 4.73. The molecule has 1 aromatic carbocycles. The predicted octanol–water partition coefficient (Wildman–Crippen LogP) is 3.92. The van der Waals surface area contributed by atoms with Crippen molar-refractivity contribution in [1.82, 2.24) is 4.90 Å². The van der Waals surface area contributed by atoms with Crippen LogP contribution in [0.5, 0.6) is 0 Å². The minimum Gasteiger partial charge on any atom is -0.445 e. The van der Waals surface area contributed by atoms with Crippen molar-refractivity contribution in [3.05, 3.63) is 35.9 Å². The highest BCUT2D eigenvalue weighted by atomic mass is 16.7. The van der Waals surface area contributed by atoms with Crippen molar-refractivity contribution in [1.29, 1.82) is 0 Å². The zero-order valence-corrected chi connectivity index (χ0v) is 17.1. The Morgan fingerprint density at radius 1 is 1.07 bits per heavy atom. The summed E-state index contributed by atoms with van der Waals surface area (Å²) in [5.74, 6) is -0.795. The van der Waals surface area contributed by atoms with E-state index in [-0.39, 0.29) is 42.9 Å². The first kappa shape index (κ1) is 20.8. The minimum atomic E-state index is -0.891. The van der Waals surface area contributed by atoms with Gasteiger partial charge in [0.1, 0.15) is 12.4 Å². The van der Waals surface area contributed by atoms with Gasteiger partial charge in [-0.25, -0.2) is 4.79 Å². The molecule has 2 aliphatic rings. The highest BCUT2D eigenvalue weighted by Crippen LogP contribution is 2.39. The number of amides is 1. The number of ketones is 1. The molecule has 1 aromatic rings. The lowest BCUT2D eigenvalue weighted by Gasteiger charge is -2.48. The van der Waals surface area contributed by atoms with Crippen LogP contribution >= 0.6 is 0 Å². The number of Topliss-reactive ketones (excluding diaryl/α,β-unsaturated/α-hetero) is 1. The standard InChI is InChI=1S/C22H31NO5/c1-22(26-2,27-3)14-20(24)17-12-18-10-7-11-19(13-17)23(18)21(25)28-15-16-8-5-4-6-9-16/h4-6,8-9,17-19H,7,10-15H2,1-3H3. The van der Waals surface area contributed by atoms with Gasteiger partial charge in [-0.2, -0.15) is 0 Å². The molecule has 0 spiro atoms. The van der Waals surface area contributed by atoms with E-state index in [0.717, 1.165) is 24.8 Å². The van der Waals surface area contributed by atoms with Crippen molar-refractivity contribution in [3.63, 3.8) is 0 Å². The highest BCUT2D eigenvalue weighted by molar-refractivity contribution is 5.82. The average molecular weight is 389 g/mol. The topological polar surface area (TPSA) is 65.1 Å². The molecule has 6 nitrogen and oxygen atoms in total. The van der Waals surface area contributed by atoms with E-state index in [1.807, 2.05) is 35.2 Å². The van der Waals surface area contributed by atoms with Gasteiger partial charge in [0.15, 0.2) is 5.79 Å². The maximum atomic E-state index is 12.9. The number of rotatable bonds is 7. The Hall–Kier alpha value is -1.92. The number of nitrogens with zero attached hydrogens (tertiary/aromatic N) is 1. The van der Waals surface area contributed by atoms with E-state index in [9.17, 15) is 9.59 Å². The normalized spacial score (nSPS) is 24.7. The lowest BCUT2D eigenvalue weighted by molar-refractivity contribution is -0.199. The van der Waals surface area contributed by atoms with Crippen molar-refractivity contribution < 1.29 is 23.8 Å². The molecule has 0 aliphatic carbocycles. The third-order valence-electron chi connectivity index (χ3n) is 6.20. The van der Waals surface area contributed by atoms with Crippen LogP contribution in [0.15, 0.2) is 30.3 Å². The largest absolute Gasteiger partial charge is 0.445 e. The number of hydrogen-bond donors (Lipinski definition) is 0. The monoisotopic (exact) mass is 389 g/mol. The fourth-order valence-electron chi connectivity index (χ4n) is 4.42. The van der Waals surface area contributed by atoms with Crippen LogP contribution in [0.4, 0.5) is 4.79 Å². The van der Waals surface area contributed by atoms with Crippen LogP contribution < -0.4 is 0 Å². The Balaban J connectivity index is 1.61. The molecule has 154 valence electrons. The maximum Gasteiger partial charge on any atom is 0.410 e. The van der Waals surface area contributed by atoms with Gasteiger partial charge in [-0.05, 0) is 44.6 Å². The number of methoxy groups -OCH3 is 2. The Kier molecular flexibility index (Phi) is 6.73. The molecule has 2 unspecified atom stereocenters. The summed E-state index contributed by atoms with van der Waals surface area (Å²) in [6.45, 7) is 2.06. The number of benzene rings is 1. The first-order valence-corrected chi connectivity index (χ1v) is 10.1. The van der Waals surface area contributed by atoms with Gasteiger partial charge in [0, 0.05) is 32.2 Å². The molecular formula is C22H31NO5. The molecule has 0 radical (unpaired) electrons. The summed E-state index contributed by atoms with van der Waals surface area (Å²) in [6, 6.07) is 9.84. The summed E-state index contributed by atoms with van der Waals surface area (Å²) in [7, 11) is 3.10. The van der Waals surface area contributed by atoms with Crippen molar-refractivity contribution in [2.24, 2.45) is 5.92 Å². The van der Waals surface area contributed by atoms with Gasteiger partial charge in [0.05, 0.1) is 6.42 Å². The second-order valence-corrected chi connectivity index (χ2v) is 8.04. The lowest BCUT2D eigenvalue weighted by atomic mass is 9.76. The van der Waals surface area contributed by atoms with Crippen molar-refractivity contribution in [3.8, 4) is 0 Å². The summed E-state index contributed by atoms with van der Waals surface area (Å²) in [5, 5.41) is 0. The van der Waals surface area contributed by atoms with E-state index in [2.05, 4.69) is 0 Å². The lowest BCUT2D eigenvalue weighted by Crippen LogP contribution is -2.56. The first-order chi connectivity index (χ1) is 13.5. The average Bonchev–Trinajstić information content (AvgIpc) is 2.71. The van der Waals surface area contributed by atoms with E-state index in [1.54, 1.807) is 21.1 Å². The third-order valence-corrected chi connectivity index (χ3v) is 6.20. The number of carbonyl (C=O) groups is 2. The van der Waals surface area contributed by atoms with Crippen molar-refractivity contribution in [2.75, 3.05) is 14.2 Å². The quantitative estimate of drug-likeness (QED) is 0.661. The summed E-state index contributed by atoms with van der Waals surface area (Å²) in [4.78, 5) is 27.5. The molecule has 0 aromatic heterocycles. The molecule has 28 heavy (non-hydrogen) atoms. The van der Waals surface area contributed by atoms with Gasteiger partial charge in [-0.3, -0.25) is 4.79 Å². The Morgan fingerprint density at radius 3 is 2.25 bits per heavy atom. The van der Waals surface area contributed by atoms with Gasteiger partial charge >= 0.3 is 6.09 Å². The van der Waals surface area contributed by atoms with Crippen LogP contribution in [-0.4, -0.2) is 48.9 Å². The van der Waals surface area contributed by atoms with Crippen LogP contribution in [0.2, 0.25) is 0 Å². The zero-order valence-electron chi connectivity index (χ0n) is 17.1. The fourth-order valence-corrected chi connectivity index (χ4v) is 4.42. The van der Waals surface area contributed by atoms with Gasteiger partial charge < -0.3 is 19.1 Å². The molecule has 0 N–H and O–H groups in total. The summed E-state index contributed by atoms with van der Waals surface area (Å²) in [5.41, 5.74) is 0.976. The smallest absolute Gasteiger partial charge is 0.410 e. The number of ether oxygens (including phenoxy) is 3. The Labute approximate surface area is 167 Å². The molecule has 3 rings (SSSR count). The van der Waals surface area contributed by atoms with E-state index in [0.29, 0.717) is 12.8 Å². The molecule has 2 fully saturated rings. The van der Waals surface area contributed by atoms with Gasteiger partial charge in [-0.15, -0.1) is 0 Å².